The van der Waals surface area contributed by atoms with Crippen molar-refractivity contribution < 1.29 is 4.79 Å². The third kappa shape index (κ3) is 3.63. The summed E-state index contributed by atoms with van der Waals surface area (Å²) in [7, 11) is 0. The molecule has 0 aliphatic heterocycles. The summed E-state index contributed by atoms with van der Waals surface area (Å²) in [6, 6.07) is 13.6. The molecule has 0 atom stereocenters. The van der Waals surface area contributed by atoms with E-state index in [1.165, 1.54) is 11.3 Å². The largest absolute Gasteiger partial charge is 0.346 e. The summed E-state index contributed by atoms with van der Waals surface area (Å²) in [6.45, 7) is 2.25. The van der Waals surface area contributed by atoms with Crippen LogP contribution in [0.3, 0.4) is 0 Å². The normalized spacial score (nSPS) is 10.7. The maximum atomic E-state index is 12.6. The Kier molecular flexibility index (Phi) is 4.76. The molecule has 4 rings (SSSR count). The first-order chi connectivity index (χ1) is 13.2. The number of carbonyl (C=O) groups is 1. The molecule has 0 aliphatic carbocycles. The van der Waals surface area contributed by atoms with Gasteiger partial charge < -0.3 is 5.32 Å². The van der Waals surface area contributed by atoms with Crippen molar-refractivity contribution >= 4 is 17.2 Å². The lowest BCUT2D eigenvalue weighted by Gasteiger charge is -2.06. The molecule has 0 bridgehead atoms. The Balaban J connectivity index is 1.45. The summed E-state index contributed by atoms with van der Waals surface area (Å²) < 4.78 is 1.76. The van der Waals surface area contributed by atoms with E-state index in [0.717, 1.165) is 27.6 Å². The fourth-order valence-corrected chi connectivity index (χ4v) is 3.55. The highest BCUT2D eigenvalue weighted by molar-refractivity contribution is 7.13. The van der Waals surface area contributed by atoms with E-state index in [-0.39, 0.29) is 5.91 Å². The van der Waals surface area contributed by atoms with Gasteiger partial charge in [-0.15, -0.1) is 11.3 Å². The summed E-state index contributed by atoms with van der Waals surface area (Å²) in [4.78, 5) is 21.2. The van der Waals surface area contributed by atoms with E-state index < -0.39 is 0 Å². The van der Waals surface area contributed by atoms with Gasteiger partial charge in [0.25, 0.3) is 5.91 Å². The van der Waals surface area contributed by atoms with Crippen molar-refractivity contribution in [3.8, 4) is 16.3 Å². The van der Waals surface area contributed by atoms with Gasteiger partial charge in [0.1, 0.15) is 5.01 Å². The molecule has 7 heteroatoms. The van der Waals surface area contributed by atoms with Gasteiger partial charge in [-0.1, -0.05) is 18.2 Å². The van der Waals surface area contributed by atoms with Gasteiger partial charge in [0.2, 0.25) is 0 Å². The predicted molar refractivity (Wildman–Crippen MR) is 105 cm³/mol. The molecule has 1 amide bonds. The molecule has 6 nitrogen and oxygen atoms in total. The lowest BCUT2D eigenvalue weighted by molar-refractivity contribution is 0.0950. The summed E-state index contributed by atoms with van der Waals surface area (Å²) in [6.07, 6.45) is 5.11. The second-order valence-electron chi connectivity index (χ2n) is 5.96. The van der Waals surface area contributed by atoms with Crippen molar-refractivity contribution in [3.63, 3.8) is 0 Å². The minimum absolute atomic E-state index is 0.161. The third-order valence-corrected chi connectivity index (χ3v) is 5.09. The number of para-hydroxylation sites is 1. The standard InChI is InChI=1S/C20H17N5OS/c1-14-18(12-23-25(14)17-7-3-2-4-8-17)19(26)22-11-16-13-27-20(24-16)15-6-5-9-21-10-15/h2-10,12-13H,11H2,1H3,(H,22,26). The second-order valence-corrected chi connectivity index (χ2v) is 6.82. The lowest BCUT2D eigenvalue weighted by atomic mass is 10.2. The maximum Gasteiger partial charge on any atom is 0.255 e. The van der Waals surface area contributed by atoms with Crippen LogP contribution >= 0.6 is 11.3 Å². The summed E-state index contributed by atoms with van der Waals surface area (Å²) >= 11 is 1.54. The molecule has 0 saturated heterocycles. The number of pyridine rings is 1. The van der Waals surface area contributed by atoms with Crippen LogP contribution in [0.15, 0.2) is 66.4 Å². The molecule has 0 unspecified atom stereocenters. The Bertz CT molecular complexity index is 1060. The van der Waals surface area contributed by atoms with E-state index >= 15 is 0 Å². The van der Waals surface area contributed by atoms with Gasteiger partial charge in [-0.25, -0.2) is 9.67 Å². The van der Waals surface area contributed by atoms with E-state index in [2.05, 4.69) is 20.4 Å². The molecule has 0 saturated carbocycles. The van der Waals surface area contributed by atoms with Gasteiger partial charge >= 0.3 is 0 Å². The highest BCUT2D eigenvalue weighted by atomic mass is 32.1. The van der Waals surface area contributed by atoms with Crippen LogP contribution in [0.4, 0.5) is 0 Å². The monoisotopic (exact) mass is 375 g/mol. The highest BCUT2D eigenvalue weighted by Gasteiger charge is 2.15. The van der Waals surface area contributed by atoms with Gasteiger partial charge in [0.15, 0.2) is 0 Å². The Hall–Kier alpha value is -3.32. The lowest BCUT2D eigenvalue weighted by Crippen LogP contribution is -2.23. The molecular weight excluding hydrogens is 358 g/mol. The number of hydrogen-bond acceptors (Lipinski definition) is 5. The minimum atomic E-state index is -0.161. The first kappa shape index (κ1) is 17.1. The van der Waals surface area contributed by atoms with Crippen LogP contribution in [0, 0.1) is 6.92 Å². The first-order valence-corrected chi connectivity index (χ1v) is 9.33. The van der Waals surface area contributed by atoms with E-state index in [0.29, 0.717) is 12.1 Å². The number of nitrogens with zero attached hydrogens (tertiary/aromatic N) is 4. The average molecular weight is 375 g/mol. The summed E-state index contributed by atoms with van der Waals surface area (Å²) in [5.41, 5.74) is 4.07. The van der Waals surface area contributed by atoms with E-state index in [1.807, 2.05) is 54.8 Å². The first-order valence-electron chi connectivity index (χ1n) is 8.45. The molecule has 0 aliphatic rings. The van der Waals surface area contributed by atoms with Crippen molar-refractivity contribution in [1.82, 2.24) is 25.1 Å². The van der Waals surface area contributed by atoms with Crippen molar-refractivity contribution in [1.29, 1.82) is 0 Å². The molecule has 0 spiro atoms. The Labute approximate surface area is 160 Å². The number of benzene rings is 1. The van der Waals surface area contributed by atoms with Gasteiger partial charge in [-0.2, -0.15) is 5.10 Å². The van der Waals surface area contributed by atoms with Crippen molar-refractivity contribution in [3.05, 3.63) is 83.4 Å². The van der Waals surface area contributed by atoms with Crippen LogP contribution in [0.5, 0.6) is 0 Å². The van der Waals surface area contributed by atoms with Crippen molar-refractivity contribution in [2.45, 2.75) is 13.5 Å². The molecule has 27 heavy (non-hydrogen) atoms. The number of hydrogen-bond donors (Lipinski definition) is 1. The van der Waals surface area contributed by atoms with Gasteiger partial charge in [-0.05, 0) is 31.2 Å². The Morgan fingerprint density at radius 1 is 1.15 bits per heavy atom. The molecule has 1 N–H and O–H groups in total. The van der Waals surface area contributed by atoms with Crippen LogP contribution in [0.1, 0.15) is 21.7 Å². The van der Waals surface area contributed by atoms with Gasteiger partial charge in [-0.3, -0.25) is 9.78 Å². The van der Waals surface area contributed by atoms with Crippen LogP contribution in [0.2, 0.25) is 0 Å². The SMILES string of the molecule is Cc1c(C(=O)NCc2csc(-c3cccnc3)n2)cnn1-c1ccccc1. The van der Waals surface area contributed by atoms with E-state index in [9.17, 15) is 4.79 Å². The fraction of sp³-hybridized carbons (Fsp3) is 0.100. The molecular formula is C20H17N5OS. The van der Waals surface area contributed by atoms with E-state index in [4.69, 9.17) is 0 Å². The minimum Gasteiger partial charge on any atom is -0.346 e. The Morgan fingerprint density at radius 2 is 2.00 bits per heavy atom. The molecule has 4 aromatic rings. The summed E-state index contributed by atoms with van der Waals surface area (Å²) in [5, 5.41) is 10.1. The number of rotatable bonds is 5. The average Bonchev–Trinajstić information content (AvgIpc) is 3.34. The smallest absolute Gasteiger partial charge is 0.255 e. The quantitative estimate of drug-likeness (QED) is 0.578. The molecule has 0 fully saturated rings. The Morgan fingerprint density at radius 3 is 2.78 bits per heavy atom. The van der Waals surface area contributed by atoms with Crippen LogP contribution in [-0.2, 0) is 6.54 Å². The fourth-order valence-electron chi connectivity index (χ4n) is 2.74. The number of aromatic nitrogens is 4. The molecule has 3 heterocycles. The molecule has 3 aromatic heterocycles. The van der Waals surface area contributed by atoms with Crippen LogP contribution in [0.25, 0.3) is 16.3 Å². The van der Waals surface area contributed by atoms with Gasteiger partial charge in [0, 0.05) is 23.3 Å². The van der Waals surface area contributed by atoms with Crippen LogP contribution < -0.4 is 5.32 Å². The van der Waals surface area contributed by atoms with Crippen LogP contribution in [-0.4, -0.2) is 25.7 Å². The van der Waals surface area contributed by atoms with Gasteiger partial charge in [0.05, 0.1) is 35.4 Å². The van der Waals surface area contributed by atoms with E-state index in [1.54, 1.807) is 23.3 Å². The highest BCUT2D eigenvalue weighted by Crippen LogP contribution is 2.22. The van der Waals surface area contributed by atoms with Crippen molar-refractivity contribution in [2.75, 3.05) is 0 Å². The number of thiazole rings is 1. The zero-order valence-electron chi connectivity index (χ0n) is 14.7. The zero-order valence-corrected chi connectivity index (χ0v) is 15.5. The maximum absolute atomic E-state index is 12.6. The van der Waals surface area contributed by atoms with Crippen molar-refractivity contribution in [2.24, 2.45) is 0 Å². The summed E-state index contributed by atoms with van der Waals surface area (Å²) in [5.74, 6) is -0.161. The number of amides is 1. The topological polar surface area (TPSA) is 72.7 Å². The molecule has 1 aromatic carbocycles. The number of nitrogens with one attached hydrogen (secondary N) is 1. The predicted octanol–water partition coefficient (Wildman–Crippen LogP) is 3.63. The zero-order chi connectivity index (χ0) is 18.6. The molecule has 134 valence electrons. The second kappa shape index (κ2) is 7.51. The molecule has 0 radical (unpaired) electrons. The third-order valence-electron chi connectivity index (χ3n) is 4.15. The number of carbonyl (C=O) groups excluding carboxylic acids is 1.